The van der Waals surface area contributed by atoms with Crippen molar-refractivity contribution in [1.29, 1.82) is 0 Å². The van der Waals surface area contributed by atoms with Gasteiger partial charge in [0.2, 0.25) is 0 Å². The van der Waals surface area contributed by atoms with Crippen LogP contribution in [0.1, 0.15) is 31.7 Å². The predicted octanol–water partition coefficient (Wildman–Crippen LogP) is 3.70. The summed E-state index contributed by atoms with van der Waals surface area (Å²) in [6.45, 7) is 3.99. The molecule has 1 atom stereocenters. The first-order valence-corrected chi connectivity index (χ1v) is 6.18. The van der Waals surface area contributed by atoms with Gasteiger partial charge < -0.3 is 10.4 Å². The van der Waals surface area contributed by atoms with Crippen LogP contribution in [0, 0.1) is 6.92 Å². The maximum absolute atomic E-state index is 11.1. The number of carboxylic acid groups (broad SMARTS) is 1. The van der Waals surface area contributed by atoms with Gasteiger partial charge in [0.25, 0.3) is 0 Å². The Balaban J connectivity index is 2.78. The molecular formula is C13H18ClNO2. The number of benzene rings is 1. The highest BCUT2D eigenvalue weighted by atomic mass is 35.5. The minimum atomic E-state index is -0.837. The molecule has 0 fully saturated rings. The molecule has 1 aromatic carbocycles. The third-order valence-corrected chi connectivity index (χ3v) is 2.93. The van der Waals surface area contributed by atoms with Crippen molar-refractivity contribution in [1.82, 2.24) is 0 Å². The average molecular weight is 256 g/mol. The van der Waals surface area contributed by atoms with Crippen LogP contribution in [0.4, 0.5) is 5.69 Å². The van der Waals surface area contributed by atoms with Crippen LogP contribution in [0.5, 0.6) is 0 Å². The van der Waals surface area contributed by atoms with Crippen molar-refractivity contribution in [2.45, 2.75) is 39.2 Å². The Kier molecular flexibility index (Phi) is 5.29. The molecule has 0 aromatic heterocycles. The molecule has 17 heavy (non-hydrogen) atoms. The van der Waals surface area contributed by atoms with Gasteiger partial charge in [-0.05, 0) is 31.0 Å². The Bertz CT molecular complexity index is 393. The van der Waals surface area contributed by atoms with Crippen molar-refractivity contribution in [3.05, 3.63) is 28.8 Å². The second-order valence-corrected chi connectivity index (χ2v) is 4.57. The fourth-order valence-electron chi connectivity index (χ4n) is 1.60. The van der Waals surface area contributed by atoms with Crippen LogP contribution in [-0.2, 0) is 4.79 Å². The lowest BCUT2D eigenvalue weighted by molar-refractivity contribution is -0.138. The summed E-state index contributed by atoms with van der Waals surface area (Å²) in [6, 6.07) is 4.96. The maximum Gasteiger partial charge on any atom is 0.326 e. The Morgan fingerprint density at radius 1 is 1.53 bits per heavy atom. The fourth-order valence-corrected chi connectivity index (χ4v) is 1.78. The molecule has 1 rings (SSSR count). The lowest BCUT2D eigenvalue weighted by Crippen LogP contribution is -2.29. The van der Waals surface area contributed by atoms with Gasteiger partial charge in [0.05, 0.1) is 10.7 Å². The van der Waals surface area contributed by atoms with E-state index in [2.05, 4.69) is 5.32 Å². The molecule has 1 unspecified atom stereocenters. The van der Waals surface area contributed by atoms with E-state index in [9.17, 15) is 4.79 Å². The summed E-state index contributed by atoms with van der Waals surface area (Å²) in [7, 11) is 0. The van der Waals surface area contributed by atoms with Crippen molar-refractivity contribution >= 4 is 23.3 Å². The van der Waals surface area contributed by atoms with E-state index in [1.807, 2.05) is 26.0 Å². The minimum absolute atomic E-state index is 0.554. The molecular weight excluding hydrogens is 238 g/mol. The van der Waals surface area contributed by atoms with E-state index in [1.165, 1.54) is 0 Å². The van der Waals surface area contributed by atoms with Crippen molar-refractivity contribution < 1.29 is 9.90 Å². The summed E-state index contributed by atoms with van der Waals surface area (Å²) in [5.41, 5.74) is 1.74. The molecule has 0 amide bonds. The number of rotatable bonds is 6. The Morgan fingerprint density at radius 3 is 2.82 bits per heavy atom. The largest absolute Gasteiger partial charge is 0.480 e. The standard InChI is InChI=1S/C13H18ClNO2/c1-3-4-5-11(13(16)17)15-12-8-9(2)6-7-10(12)14/h6-8,11,15H,3-5H2,1-2H3,(H,16,17). The van der Waals surface area contributed by atoms with E-state index in [-0.39, 0.29) is 0 Å². The third-order valence-electron chi connectivity index (χ3n) is 2.60. The van der Waals surface area contributed by atoms with E-state index >= 15 is 0 Å². The number of aryl methyl sites for hydroxylation is 1. The second kappa shape index (κ2) is 6.50. The number of aliphatic carboxylic acids is 1. The van der Waals surface area contributed by atoms with Gasteiger partial charge in [0.15, 0.2) is 0 Å². The Morgan fingerprint density at radius 2 is 2.24 bits per heavy atom. The number of hydrogen-bond acceptors (Lipinski definition) is 2. The molecule has 0 saturated carbocycles. The second-order valence-electron chi connectivity index (χ2n) is 4.16. The van der Waals surface area contributed by atoms with Crippen LogP contribution < -0.4 is 5.32 Å². The van der Waals surface area contributed by atoms with E-state index in [1.54, 1.807) is 6.07 Å². The van der Waals surface area contributed by atoms with Crippen molar-refractivity contribution in [2.24, 2.45) is 0 Å². The molecule has 0 saturated heterocycles. The zero-order valence-electron chi connectivity index (χ0n) is 10.2. The molecule has 94 valence electrons. The van der Waals surface area contributed by atoms with Crippen molar-refractivity contribution in [3.63, 3.8) is 0 Å². The van der Waals surface area contributed by atoms with Crippen LogP contribution in [0.15, 0.2) is 18.2 Å². The monoisotopic (exact) mass is 255 g/mol. The van der Waals surface area contributed by atoms with E-state index in [4.69, 9.17) is 16.7 Å². The summed E-state index contributed by atoms with van der Waals surface area (Å²) in [5, 5.41) is 12.7. The maximum atomic E-state index is 11.1. The van der Waals surface area contributed by atoms with Crippen LogP contribution >= 0.6 is 11.6 Å². The molecule has 1 aromatic rings. The molecule has 2 N–H and O–H groups in total. The molecule has 0 bridgehead atoms. The molecule has 3 nitrogen and oxygen atoms in total. The van der Waals surface area contributed by atoms with Gasteiger partial charge in [-0.15, -0.1) is 0 Å². The topological polar surface area (TPSA) is 49.3 Å². The molecule has 0 aliphatic carbocycles. The summed E-state index contributed by atoms with van der Waals surface area (Å²) in [5.74, 6) is -0.837. The molecule has 0 radical (unpaired) electrons. The van der Waals surface area contributed by atoms with Gasteiger partial charge >= 0.3 is 5.97 Å². The lowest BCUT2D eigenvalue weighted by atomic mass is 10.1. The van der Waals surface area contributed by atoms with Crippen molar-refractivity contribution in [3.8, 4) is 0 Å². The Hall–Kier alpha value is -1.22. The number of carbonyl (C=O) groups is 1. The highest BCUT2D eigenvalue weighted by molar-refractivity contribution is 6.33. The van der Waals surface area contributed by atoms with Crippen molar-refractivity contribution in [2.75, 3.05) is 5.32 Å². The zero-order valence-corrected chi connectivity index (χ0v) is 10.9. The molecule has 0 aliphatic rings. The highest BCUT2D eigenvalue weighted by Crippen LogP contribution is 2.24. The van der Waals surface area contributed by atoms with Gasteiger partial charge in [-0.25, -0.2) is 4.79 Å². The third kappa shape index (κ3) is 4.27. The van der Waals surface area contributed by atoms with E-state index in [0.717, 1.165) is 18.4 Å². The Labute approximate surface area is 107 Å². The SMILES string of the molecule is CCCCC(Nc1cc(C)ccc1Cl)C(=O)O. The first kappa shape index (κ1) is 13.8. The number of halogens is 1. The summed E-state index contributed by atoms with van der Waals surface area (Å²) >= 11 is 6.02. The van der Waals surface area contributed by atoms with Gasteiger partial charge in [-0.1, -0.05) is 37.4 Å². The van der Waals surface area contributed by atoms with Crippen LogP contribution in [-0.4, -0.2) is 17.1 Å². The number of unbranched alkanes of at least 4 members (excludes halogenated alkanes) is 1. The molecule has 4 heteroatoms. The van der Waals surface area contributed by atoms with E-state index in [0.29, 0.717) is 17.1 Å². The summed E-state index contributed by atoms with van der Waals surface area (Å²) in [6.07, 6.45) is 2.47. The summed E-state index contributed by atoms with van der Waals surface area (Å²) in [4.78, 5) is 11.1. The van der Waals surface area contributed by atoms with Crippen LogP contribution in [0.25, 0.3) is 0 Å². The number of anilines is 1. The number of nitrogens with one attached hydrogen (secondary N) is 1. The fraction of sp³-hybridized carbons (Fsp3) is 0.462. The molecule has 0 aliphatic heterocycles. The summed E-state index contributed by atoms with van der Waals surface area (Å²) < 4.78 is 0. The quantitative estimate of drug-likeness (QED) is 0.815. The zero-order chi connectivity index (χ0) is 12.8. The van der Waals surface area contributed by atoms with Gasteiger partial charge in [0.1, 0.15) is 6.04 Å². The number of carboxylic acids is 1. The minimum Gasteiger partial charge on any atom is -0.480 e. The lowest BCUT2D eigenvalue weighted by Gasteiger charge is -2.16. The van der Waals surface area contributed by atoms with Crippen LogP contribution in [0.3, 0.4) is 0 Å². The molecule has 0 spiro atoms. The first-order chi connectivity index (χ1) is 8.04. The smallest absolute Gasteiger partial charge is 0.326 e. The van der Waals surface area contributed by atoms with Gasteiger partial charge in [-0.3, -0.25) is 0 Å². The first-order valence-electron chi connectivity index (χ1n) is 5.80. The predicted molar refractivity (Wildman–Crippen MR) is 70.8 cm³/mol. The molecule has 0 heterocycles. The van der Waals surface area contributed by atoms with Crippen LogP contribution in [0.2, 0.25) is 5.02 Å². The highest BCUT2D eigenvalue weighted by Gasteiger charge is 2.17. The van der Waals surface area contributed by atoms with Gasteiger partial charge in [0, 0.05) is 0 Å². The van der Waals surface area contributed by atoms with E-state index < -0.39 is 12.0 Å². The normalized spacial score (nSPS) is 12.2. The van der Waals surface area contributed by atoms with Gasteiger partial charge in [-0.2, -0.15) is 0 Å². The average Bonchev–Trinajstić information content (AvgIpc) is 2.28. The number of hydrogen-bond donors (Lipinski definition) is 2.